The number of carbonyl (C=O) groups is 2. The molecule has 142 valence electrons. The van der Waals surface area contributed by atoms with Gasteiger partial charge in [-0.25, -0.2) is 4.79 Å². The summed E-state index contributed by atoms with van der Waals surface area (Å²) in [5.41, 5.74) is 1.69. The number of rotatable bonds is 6. The van der Waals surface area contributed by atoms with Crippen molar-refractivity contribution in [1.29, 1.82) is 0 Å². The van der Waals surface area contributed by atoms with Gasteiger partial charge >= 0.3 is 6.09 Å². The summed E-state index contributed by atoms with van der Waals surface area (Å²) in [6.07, 6.45) is 6.44. The van der Waals surface area contributed by atoms with Crippen molar-refractivity contribution in [3.05, 3.63) is 60.4 Å². The Labute approximate surface area is 159 Å². The average Bonchev–Trinajstić information content (AvgIpc) is 2.72. The van der Waals surface area contributed by atoms with Crippen LogP contribution in [0.1, 0.15) is 31.2 Å². The molecule has 1 heterocycles. The molecule has 1 fully saturated rings. The topological polar surface area (TPSA) is 80.3 Å². The molecule has 6 heteroatoms. The van der Waals surface area contributed by atoms with Crippen molar-refractivity contribution in [1.82, 2.24) is 10.3 Å². The summed E-state index contributed by atoms with van der Waals surface area (Å²) in [6, 6.07) is 13.2. The molecule has 2 N–H and O–H groups in total. The van der Waals surface area contributed by atoms with Crippen molar-refractivity contribution < 1.29 is 14.3 Å². The fourth-order valence-electron chi connectivity index (χ4n) is 3.31. The number of benzene rings is 1. The molecule has 1 aliphatic rings. The summed E-state index contributed by atoms with van der Waals surface area (Å²) in [5, 5.41) is 5.75. The van der Waals surface area contributed by atoms with Gasteiger partial charge in [0, 0.05) is 18.7 Å². The molecule has 1 aromatic carbocycles. The lowest BCUT2D eigenvalue weighted by Crippen LogP contribution is -2.34. The monoisotopic (exact) mass is 367 g/mol. The minimum absolute atomic E-state index is 0.0199. The van der Waals surface area contributed by atoms with Crippen molar-refractivity contribution >= 4 is 17.7 Å². The molecule has 0 unspecified atom stereocenters. The second-order valence-electron chi connectivity index (χ2n) is 6.89. The lowest BCUT2D eigenvalue weighted by molar-refractivity contribution is -0.121. The van der Waals surface area contributed by atoms with Crippen molar-refractivity contribution in [3.8, 4) is 0 Å². The predicted molar refractivity (Wildman–Crippen MR) is 103 cm³/mol. The molecule has 0 radical (unpaired) electrons. The van der Waals surface area contributed by atoms with E-state index in [4.69, 9.17) is 4.74 Å². The fourth-order valence-corrected chi connectivity index (χ4v) is 3.31. The quantitative estimate of drug-likeness (QED) is 0.815. The lowest BCUT2D eigenvalue weighted by Gasteiger charge is -2.27. The summed E-state index contributed by atoms with van der Waals surface area (Å²) in [5.74, 6) is 0.458. The molecular formula is C21H25N3O3. The number of carbonyl (C=O) groups excluding carboxylic acids is 2. The number of alkyl carbamates (subject to hydrolysis) is 1. The predicted octanol–water partition coefficient (Wildman–Crippen LogP) is 3.75. The molecule has 1 aromatic heterocycles. The molecule has 0 aliphatic heterocycles. The fraction of sp³-hybridized carbons (Fsp3) is 0.381. The van der Waals surface area contributed by atoms with Crippen LogP contribution in [0.4, 0.5) is 10.5 Å². The second-order valence-corrected chi connectivity index (χ2v) is 6.89. The zero-order valence-electron chi connectivity index (χ0n) is 15.3. The second kappa shape index (κ2) is 9.71. The third kappa shape index (κ3) is 6.09. The van der Waals surface area contributed by atoms with Crippen molar-refractivity contribution in [3.63, 3.8) is 0 Å². The first-order valence-electron chi connectivity index (χ1n) is 9.36. The molecule has 0 spiro atoms. The van der Waals surface area contributed by atoms with Crippen LogP contribution in [0.25, 0.3) is 0 Å². The maximum atomic E-state index is 12.3. The van der Waals surface area contributed by atoms with Crippen LogP contribution in [0.2, 0.25) is 0 Å². The van der Waals surface area contributed by atoms with Crippen LogP contribution in [-0.2, 0) is 16.1 Å². The number of nitrogens with zero attached hydrogens (tertiary/aromatic N) is 1. The molecule has 1 saturated carbocycles. The van der Waals surface area contributed by atoms with Gasteiger partial charge in [0.15, 0.2) is 0 Å². The first kappa shape index (κ1) is 18.9. The summed E-state index contributed by atoms with van der Waals surface area (Å²) in [4.78, 5) is 28.2. The van der Waals surface area contributed by atoms with E-state index in [9.17, 15) is 9.59 Å². The Balaban J connectivity index is 1.33. The summed E-state index contributed by atoms with van der Waals surface area (Å²) in [7, 11) is 0. The highest BCUT2D eigenvalue weighted by atomic mass is 16.5. The number of aromatic nitrogens is 1. The number of hydrogen-bond donors (Lipinski definition) is 2. The van der Waals surface area contributed by atoms with Gasteiger partial charge in [-0.1, -0.05) is 30.3 Å². The SMILES string of the molecule is O=C(NC[C@H]1CC[C@H](C(=O)Nc2cccnc2)CC1)OCc1ccccc1. The Morgan fingerprint density at radius 3 is 2.52 bits per heavy atom. The first-order valence-corrected chi connectivity index (χ1v) is 9.36. The number of ether oxygens (including phenoxy) is 1. The molecule has 0 bridgehead atoms. The third-order valence-electron chi connectivity index (χ3n) is 4.89. The van der Waals surface area contributed by atoms with Gasteiger partial charge < -0.3 is 15.4 Å². The van der Waals surface area contributed by atoms with Gasteiger partial charge in [0.25, 0.3) is 0 Å². The molecule has 27 heavy (non-hydrogen) atoms. The van der Waals surface area contributed by atoms with Crippen molar-refractivity contribution in [2.75, 3.05) is 11.9 Å². The molecule has 6 nitrogen and oxygen atoms in total. The van der Waals surface area contributed by atoms with E-state index in [0.29, 0.717) is 12.5 Å². The van der Waals surface area contributed by atoms with E-state index in [2.05, 4.69) is 15.6 Å². The van der Waals surface area contributed by atoms with Gasteiger partial charge in [-0.15, -0.1) is 0 Å². The smallest absolute Gasteiger partial charge is 0.407 e. The van der Waals surface area contributed by atoms with Gasteiger partial charge in [-0.05, 0) is 49.3 Å². The van der Waals surface area contributed by atoms with Crippen LogP contribution in [0.5, 0.6) is 0 Å². The number of amides is 2. The molecule has 0 atom stereocenters. The van der Waals surface area contributed by atoms with E-state index in [0.717, 1.165) is 36.9 Å². The van der Waals surface area contributed by atoms with Crippen LogP contribution in [0, 0.1) is 11.8 Å². The highest BCUT2D eigenvalue weighted by Gasteiger charge is 2.26. The summed E-state index contributed by atoms with van der Waals surface area (Å²) < 4.78 is 5.22. The highest BCUT2D eigenvalue weighted by Crippen LogP contribution is 2.29. The van der Waals surface area contributed by atoms with Crippen LogP contribution in [0.3, 0.4) is 0 Å². The van der Waals surface area contributed by atoms with Crippen molar-refractivity contribution in [2.45, 2.75) is 32.3 Å². The van der Waals surface area contributed by atoms with Gasteiger partial charge in [-0.3, -0.25) is 9.78 Å². The molecule has 0 saturated heterocycles. The zero-order chi connectivity index (χ0) is 18.9. The minimum atomic E-state index is -0.393. The maximum absolute atomic E-state index is 12.3. The molecule has 2 aromatic rings. The normalized spacial score (nSPS) is 19.1. The van der Waals surface area contributed by atoms with E-state index in [-0.39, 0.29) is 18.4 Å². The van der Waals surface area contributed by atoms with Crippen LogP contribution >= 0.6 is 0 Å². The van der Waals surface area contributed by atoms with E-state index in [1.165, 1.54) is 0 Å². The van der Waals surface area contributed by atoms with Gasteiger partial charge in [-0.2, -0.15) is 0 Å². The summed E-state index contributed by atoms with van der Waals surface area (Å²) in [6.45, 7) is 0.860. The highest BCUT2D eigenvalue weighted by molar-refractivity contribution is 5.92. The molecule has 2 amide bonds. The van der Waals surface area contributed by atoms with Crippen LogP contribution < -0.4 is 10.6 Å². The van der Waals surface area contributed by atoms with Crippen molar-refractivity contribution in [2.24, 2.45) is 11.8 Å². The number of hydrogen-bond acceptors (Lipinski definition) is 4. The van der Waals surface area contributed by atoms with Crippen LogP contribution in [0.15, 0.2) is 54.9 Å². The number of anilines is 1. The van der Waals surface area contributed by atoms with Gasteiger partial charge in [0.2, 0.25) is 5.91 Å². The summed E-state index contributed by atoms with van der Waals surface area (Å²) >= 11 is 0. The number of pyridine rings is 1. The maximum Gasteiger partial charge on any atom is 0.407 e. The van der Waals surface area contributed by atoms with Gasteiger partial charge in [0.05, 0.1) is 11.9 Å². The van der Waals surface area contributed by atoms with E-state index < -0.39 is 6.09 Å². The third-order valence-corrected chi connectivity index (χ3v) is 4.89. The Bertz CT molecular complexity index is 729. The standard InChI is InChI=1S/C21H25N3O3/c25-20(24-19-7-4-12-22-14-19)18-10-8-16(9-11-18)13-23-21(26)27-15-17-5-2-1-3-6-17/h1-7,12,14,16,18H,8-11,13,15H2,(H,23,26)(H,24,25)/t16-,18-. The van der Waals surface area contributed by atoms with Gasteiger partial charge in [0.1, 0.15) is 6.61 Å². The zero-order valence-corrected chi connectivity index (χ0v) is 15.3. The van der Waals surface area contributed by atoms with E-state index in [1.54, 1.807) is 18.5 Å². The number of nitrogens with one attached hydrogen (secondary N) is 2. The Kier molecular flexibility index (Phi) is 6.79. The Hall–Kier alpha value is -2.89. The average molecular weight is 367 g/mol. The minimum Gasteiger partial charge on any atom is -0.445 e. The molecule has 1 aliphatic carbocycles. The Morgan fingerprint density at radius 1 is 1.04 bits per heavy atom. The van der Waals surface area contributed by atoms with E-state index >= 15 is 0 Å². The Morgan fingerprint density at radius 2 is 1.81 bits per heavy atom. The molecular weight excluding hydrogens is 342 g/mol. The van der Waals surface area contributed by atoms with E-state index in [1.807, 2.05) is 36.4 Å². The molecule has 3 rings (SSSR count). The largest absolute Gasteiger partial charge is 0.445 e. The first-order chi connectivity index (χ1) is 13.2. The van der Waals surface area contributed by atoms with Crippen LogP contribution in [-0.4, -0.2) is 23.5 Å². The lowest BCUT2D eigenvalue weighted by atomic mass is 9.81.